The topological polar surface area (TPSA) is 80.3 Å². The number of rotatable bonds is 8. The predicted octanol–water partition coefficient (Wildman–Crippen LogP) is 0.743. The van der Waals surface area contributed by atoms with Gasteiger partial charge in [-0.1, -0.05) is 0 Å². The molecule has 8 heteroatoms. The van der Waals surface area contributed by atoms with Crippen molar-refractivity contribution in [1.82, 2.24) is 25.3 Å². The molecule has 0 aromatic carbocycles. The molecule has 2 amide bonds. The molecule has 2 rings (SSSR count). The fraction of sp³-hybridized carbons (Fsp3) is 0.857. The lowest BCUT2D eigenvalue weighted by Gasteiger charge is -2.34. The number of carbonyl (C=O) groups is 2. The van der Waals surface area contributed by atoms with Gasteiger partial charge in [0.2, 0.25) is 11.8 Å². The van der Waals surface area contributed by atoms with Crippen LogP contribution in [0.5, 0.6) is 0 Å². The van der Waals surface area contributed by atoms with E-state index in [-0.39, 0.29) is 17.9 Å². The van der Waals surface area contributed by atoms with Crippen molar-refractivity contribution in [2.75, 3.05) is 60.4 Å². The van der Waals surface area contributed by atoms with E-state index in [1.807, 2.05) is 14.1 Å². The first kappa shape index (κ1) is 23.4. The Morgan fingerprint density at radius 1 is 1.14 bits per heavy atom. The first-order valence-electron chi connectivity index (χ1n) is 11.1. The minimum atomic E-state index is 0.0431. The lowest BCUT2D eigenvalue weighted by atomic mass is 9.93. The first-order chi connectivity index (χ1) is 14.0. The number of hydrogen-bond donors (Lipinski definition) is 2. The zero-order valence-corrected chi connectivity index (χ0v) is 18.7. The normalized spacial score (nSPS) is 21.3. The van der Waals surface area contributed by atoms with E-state index in [2.05, 4.69) is 27.4 Å². The molecule has 2 aliphatic heterocycles. The molecule has 0 aromatic rings. The van der Waals surface area contributed by atoms with Crippen LogP contribution in [0.2, 0.25) is 0 Å². The molecule has 0 aliphatic carbocycles. The Kier molecular flexibility index (Phi) is 9.70. The van der Waals surface area contributed by atoms with Gasteiger partial charge < -0.3 is 20.4 Å². The summed E-state index contributed by atoms with van der Waals surface area (Å²) in [6.45, 7) is 7.52. The minimum absolute atomic E-state index is 0.0431. The molecule has 2 fully saturated rings. The summed E-state index contributed by atoms with van der Waals surface area (Å²) in [4.78, 5) is 35.1. The van der Waals surface area contributed by atoms with Gasteiger partial charge in [0.15, 0.2) is 5.96 Å². The fourth-order valence-corrected chi connectivity index (χ4v) is 4.27. The molecule has 2 aliphatic rings. The maximum absolute atomic E-state index is 12.3. The molecule has 0 bridgehead atoms. The quantitative estimate of drug-likeness (QED) is 0.352. The van der Waals surface area contributed by atoms with E-state index >= 15 is 0 Å². The fourth-order valence-electron chi connectivity index (χ4n) is 4.27. The Balaban J connectivity index is 1.79. The van der Waals surface area contributed by atoms with Crippen LogP contribution in [0.4, 0.5) is 0 Å². The summed E-state index contributed by atoms with van der Waals surface area (Å²) in [6, 6.07) is 0.0431. The van der Waals surface area contributed by atoms with Gasteiger partial charge >= 0.3 is 0 Å². The van der Waals surface area contributed by atoms with E-state index in [1.54, 1.807) is 11.9 Å². The molecule has 0 saturated carbocycles. The number of nitrogens with one attached hydrogen (secondary N) is 2. The van der Waals surface area contributed by atoms with E-state index in [1.165, 1.54) is 0 Å². The van der Waals surface area contributed by atoms with Crippen LogP contribution >= 0.6 is 0 Å². The van der Waals surface area contributed by atoms with Crippen LogP contribution in [0.25, 0.3) is 0 Å². The van der Waals surface area contributed by atoms with E-state index < -0.39 is 0 Å². The van der Waals surface area contributed by atoms with Gasteiger partial charge in [0.05, 0.1) is 6.04 Å². The smallest absolute Gasteiger partial charge is 0.239 e. The Bertz CT molecular complexity index is 557. The number of carbonyl (C=O) groups excluding carboxylic acids is 2. The second-order valence-electron chi connectivity index (χ2n) is 8.32. The van der Waals surface area contributed by atoms with Crippen molar-refractivity contribution in [3.8, 4) is 0 Å². The van der Waals surface area contributed by atoms with Crippen molar-refractivity contribution in [3.05, 3.63) is 0 Å². The highest BCUT2D eigenvalue weighted by molar-refractivity contribution is 5.81. The maximum Gasteiger partial charge on any atom is 0.239 e. The van der Waals surface area contributed by atoms with E-state index in [0.717, 1.165) is 77.3 Å². The Morgan fingerprint density at radius 3 is 2.48 bits per heavy atom. The van der Waals surface area contributed by atoms with Crippen molar-refractivity contribution in [2.24, 2.45) is 10.9 Å². The van der Waals surface area contributed by atoms with E-state index in [4.69, 9.17) is 4.99 Å². The molecule has 0 aromatic heterocycles. The van der Waals surface area contributed by atoms with Crippen molar-refractivity contribution < 1.29 is 9.59 Å². The molecular formula is C21H40N6O2. The van der Waals surface area contributed by atoms with Gasteiger partial charge in [0, 0.05) is 60.3 Å². The highest BCUT2D eigenvalue weighted by Gasteiger charge is 2.31. The molecule has 8 nitrogen and oxygen atoms in total. The number of amides is 2. The number of piperidine rings is 1. The number of likely N-dealkylation sites (tertiary alicyclic amines) is 2. The van der Waals surface area contributed by atoms with Gasteiger partial charge in [-0.25, -0.2) is 0 Å². The lowest BCUT2D eigenvalue weighted by molar-refractivity contribution is -0.133. The number of likely N-dealkylation sites (N-methyl/N-ethyl adjacent to an activating group) is 1. The molecule has 2 heterocycles. The highest BCUT2D eigenvalue weighted by atomic mass is 16.2. The monoisotopic (exact) mass is 408 g/mol. The van der Waals surface area contributed by atoms with Crippen LogP contribution < -0.4 is 10.6 Å². The summed E-state index contributed by atoms with van der Waals surface area (Å²) >= 11 is 0. The van der Waals surface area contributed by atoms with Crippen LogP contribution in [-0.2, 0) is 9.59 Å². The standard InChI is InChI=1S/C21H40N6O2/c1-5-23-21(27-14-9-17(10-15-27)16-19(28)22-2)24-11-7-13-26-12-6-8-18(26)20(29)25(3)4/h17-18H,5-16H2,1-4H3,(H,22,28)(H,23,24). The minimum Gasteiger partial charge on any atom is -0.359 e. The Morgan fingerprint density at radius 2 is 1.86 bits per heavy atom. The summed E-state index contributed by atoms with van der Waals surface area (Å²) in [5.74, 6) is 1.81. The molecule has 0 radical (unpaired) electrons. The number of guanidine groups is 1. The van der Waals surface area contributed by atoms with Crippen molar-refractivity contribution in [2.45, 2.75) is 51.5 Å². The zero-order valence-electron chi connectivity index (χ0n) is 18.7. The first-order valence-corrected chi connectivity index (χ1v) is 11.1. The van der Waals surface area contributed by atoms with Crippen LogP contribution in [0.3, 0.4) is 0 Å². The summed E-state index contributed by atoms with van der Waals surface area (Å²) in [5.41, 5.74) is 0. The van der Waals surface area contributed by atoms with Gasteiger partial charge in [-0.2, -0.15) is 0 Å². The Hall–Kier alpha value is -1.83. The van der Waals surface area contributed by atoms with Gasteiger partial charge in [-0.15, -0.1) is 0 Å². The third-order valence-electron chi connectivity index (χ3n) is 5.96. The molecule has 1 unspecified atom stereocenters. The average Bonchev–Trinajstić information content (AvgIpc) is 3.18. The van der Waals surface area contributed by atoms with Gasteiger partial charge in [0.25, 0.3) is 0 Å². The summed E-state index contributed by atoms with van der Waals surface area (Å²) in [6.07, 6.45) is 5.70. The second-order valence-corrected chi connectivity index (χ2v) is 8.32. The van der Waals surface area contributed by atoms with Crippen LogP contribution in [0.15, 0.2) is 4.99 Å². The van der Waals surface area contributed by atoms with E-state index in [9.17, 15) is 9.59 Å². The summed E-state index contributed by atoms with van der Waals surface area (Å²) in [5, 5.41) is 6.14. The van der Waals surface area contributed by atoms with E-state index in [0.29, 0.717) is 12.3 Å². The van der Waals surface area contributed by atoms with Crippen LogP contribution in [0.1, 0.15) is 45.4 Å². The highest BCUT2D eigenvalue weighted by Crippen LogP contribution is 2.21. The Labute approximate surface area is 176 Å². The van der Waals surface area contributed by atoms with Gasteiger partial charge in [-0.3, -0.25) is 19.5 Å². The van der Waals surface area contributed by atoms with Gasteiger partial charge in [0.1, 0.15) is 0 Å². The molecule has 29 heavy (non-hydrogen) atoms. The SMILES string of the molecule is CCNC(=NCCCN1CCCC1C(=O)N(C)C)N1CCC(CC(=O)NC)CC1. The average molecular weight is 409 g/mol. The third-order valence-corrected chi connectivity index (χ3v) is 5.96. The second kappa shape index (κ2) is 12.0. The molecular weight excluding hydrogens is 368 g/mol. The van der Waals surface area contributed by atoms with Crippen molar-refractivity contribution >= 4 is 17.8 Å². The summed E-state index contributed by atoms with van der Waals surface area (Å²) < 4.78 is 0. The number of hydrogen-bond acceptors (Lipinski definition) is 4. The number of aliphatic imine (C=N–C) groups is 1. The van der Waals surface area contributed by atoms with Crippen LogP contribution in [0, 0.1) is 5.92 Å². The number of nitrogens with zero attached hydrogens (tertiary/aromatic N) is 4. The predicted molar refractivity (Wildman–Crippen MR) is 117 cm³/mol. The molecule has 2 saturated heterocycles. The lowest BCUT2D eigenvalue weighted by Crippen LogP contribution is -2.46. The van der Waals surface area contributed by atoms with Gasteiger partial charge in [-0.05, 0) is 51.5 Å². The molecule has 1 atom stereocenters. The zero-order chi connectivity index (χ0) is 21.2. The largest absolute Gasteiger partial charge is 0.359 e. The molecule has 166 valence electrons. The van der Waals surface area contributed by atoms with Crippen molar-refractivity contribution in [1.29, 1.82) is 0 Å². The molecule has 2 N–H and O–H groups in total. The summed E-state index contributed by atoms with van der Waals surface area (Å²) in [7, 11) is 5.38. The van der Waals surface area contributed by atoms with Crippen molar-refractivity contribution in [3.63, 3.8) is 0 Å². The molecule has 0 spiro atoms. The third kappa shape index (κ3) is 7.17. The van der Waals surface area contributed by atoms with Crippen LogP contribution in [-0.4, -0.2) is 98.9 Å². The maximum atomic E-state index is 12.3.